The second kappa shape index (κ2) is 8.08. The summed E-state index contributed by atoms with van der Waals surface area (Å²) in [6.07, 6.45) is 2.31. The zero-order chi connectivity index (χ0) is 11.7. The molecule has 1 atom stereocenters. The molecule has 3 nitrogen and oxygen atoms in total. The molecule has 0 aliphatic rings. The van der Waals surface area contributed by atoms with E-state index in [9.17, 15) is 0 Å². The van der Waals surface area contributed by atoms with E-state index in [1.807, 2.05) is 0 Å². The van der Waals surface area contributed by atoms with Crippen LogP contribution in [0.1, 0.15) is 40.5 Å². The molecule has 0 amide bonds. The maximum Gasteiger partial charge on any atom is 0.0939 e. The zero-order valence-corrected chi connectivity index (χ0v) is 10.9. The van der Waals surface area contributed by atoms with Gasteiger partial charge >= 0.3 is 0 Å². The third-order valence-corrected chi connectivity index (χ3v) is 2.49. The Balaban J connectivity index is 3.91. The van der Waals surface area contributed by atoms with Gasteiger partial charge in [0, 0.05) is 13.7 Å². The first-order valence-corrected chi connectivity index (χ1v) is 5.93. The largest absolute Gasteiger partial charge is 0.382 e. The summed E-state index contributed by atoms with van der Waals surface area (Å²) in [5.41, 5.74) is -0.0584. The van der Waals surface area contributed by atoms with Gasteiger partial charge in [0.1, 0.15) is 0 Å². The number of nitrogens with one attached hydrogen (secondary N) is 1. The lowest BCUT2D eigenvalue weighted by molar-refractivity contribution is -0.0956. The van der Waals surface area contributed by atoms with E-state index in [0.29, 0.717) is 6.61 Å². The van der Waals surface area contributed by atoms with Gasteiger partial charge in [0.25, 0.3) is 0 Å². The normalized spacial score (nSPS) is 14.2. The minimum atomic E-state index is -0.0584. The van der Waals surface area contributed by atoms with Crippen molar-refractivity contribution in [2.75, 3.05) is 26.8 Å². The minimum absolute atomic E-state index is 0.0584. The van der Waals surface area contributed by atoms with Crippen LogP contribution >= 0.6 is 0 Å². The van der Waals surface area contributed by atoms with Gasteiger partial charge in [-0.05, 0) is 33.2 Å². The molecule has 15 heavy (non-hydrogen) atoms. The average Bonchev–Trinajstić information content (AvgIpc) is 2.18. The van der Waals surface area contributed by atoms with Crippen LogP contribution in [0.25, 0.3) is 0 Å². The van der Waals surface area contributed by atoms with Gasteiger partial charge in [-0.25, -0.2) is 0 Å². The molecular weight excluding hydrogens is 190 g/mol. The van der Waals surface area contributed by atoms with Crippen molar-refractivity contribution >= 4 is 0 Å². The van der Waals surface area contributed by atoms with E-state index in [2.05, 4.69) is 33.0 Å². The van der Waals surface area contributed by atoms with Crippen molar-refractivity contribution in [1.29, 1.82) is 0 Å². The fourth-order valence-electron chi connectivity index (χ4n) is 1.29. The molecule has 0 aromatic heterocycles. The monoisotopic (exact) mass is 217 g/mol. The smallest absolute Gasteiger partial charge is 0.0939 e. The Morgan fingerprint density at radius 2 is 1.93 bits per heavy atom. The van der Waals surface area contributed by atoms with Crippen LogP contribution in [0.4, 0.5) is 0 Å². The van der Waals surface area contributed by atoms with Gasteiger partial charge in [-0.2, -0.15) is 0 Å². The van der Waals surface area contributed by atoms with Crippen LogP contribution < -0.4 is 5.32 Å². The van der Waals surface area contributed by atoms with E-state index in [1.165, 1.54) is 0 Å². The van der Waals surface area contributed by atoms with Crippen LogP contribution in [0.2, 0.25) is 0 Å². The summed E-state index contributed by atoms with van der Waals surface area (Å²) >= 11 is 0. The number of ether oxygens (including phenoxy) is 2. The van der Waals surface area contributed by atoms with Crippen LogP contribution in [-0.4, -0.2) is 38.5 Å². The number of rotatable bonds is 9. The highest BCUT2D eigenvalue weighted by molar-refractivity contribution is 4.71. The zero-order valence-electron chi connectivity index (χ0n) is 10.9. The molecular formula is C12H27NO2. The van der Waals surface area contributed by atoms with Gasteiger partial charge in [0.05, 0.1) is 18.3 Å². The Hall–Kier alpha value is -0.120. The molecule has 0 spiro atoms. The Kier molecular flexibility index (Phi) is 8.02. The van der Waals surface area contributed by atoms with Crippen LogP contribution in [0.15, 0.2) is 0 Å². The third-order valence-electron chi connectivity index (χ3n) is 2.49. The standard InChI is InChI=1S/C12H27NO2/c1-6-8-13-9-11(10-14-5)15-12(3,4)7-2/h11,13H,6-10H2,1-5H3. The fraction of sp³-hybridized carbons (Fsp3) is 1.00. The van der Waals surface area contributed by atoms with Gasteiger partial charge in [-0.1, -0.05) is 13.8 Å². The third kappa shape index (κ3) is 7.77. The minimum Gasteiger partial charge on any atom is -0.382 e. The van der Waals surface area contributed by atoms with Crippen LogP contribution in [0.3, 0.4) is 0 Å². The molecule has 92 valence electrons. The Morgan fingerprint density at radius 1 is 1.27 bits per heavy atom. The summed E-state index contributed by atoms with van der Waals surface area (Å²) in [6, 6.07) is 0. The maximum absolute atomic E-state index is 5.99. The predicted molar refractivity (Wildman–Crippen MR) is 64.3 cm³/mol. The molecule has 0 saturated carbocycles. The second-order valence-electron chi connectivity index (χ2n) is 4.51. The highest BCUT2D eigenvalue weighted by atomic mass is 16.5. The lowest BCUT2D eigenvalue weighted by atomic mass is 10.1. The molecule has 0 aliphatic carbocycles. The highest BCUT2D eigenvalue weighted by Gasteiger charge is 2.21. The first-order valence-electron chi connectivity index (χ1n) is 5.93. The maximum atomic E-state index is 5.99. The van der Waals surface area contributed by atoms with Crippen LogP contribution in [-0.2, 0) is 9.47 Å². The Labute approximate surface area is 94.5 Å². The van der Waals surface area contributed by atoms with Crippen molar-refractivity contribution in [3.8, 4) is 0 Å². The summed E-state index contributed by atoms with van der Waals surface area (Å²) in [5, 5.41) is 3.36. The molecule has 0 fully saturated rings. The molecule has 0 rings (SSSR count). The van der Waals surface area contributed by atoms with E-state index in [4.69, 9.17) is 9.47 Å². The van der Waals surface area contributed by atoms with Gasteiger partial charge in [-0.3, -0.25) is 0 Å². The van der Waals surface area contributed by atoms with E-state index >= 15 is 0 Å². The Bertz CT molecular complexity index is 149. The second-order valence-corrected chi connectivity index (χ2v) is 4.51. The summed E-state index contributed by atoms with van der Waals surface area (Å²) in [6.45, 7) is 11.1. The van der Waals surface area contributed by atoms with Crippen molar-refractivity contribution in [3.05, 3.63) is 0 Å². The van der Waals surface area contributed by atoms with Crippen molar-refractivity contribution in [2.45, 2.75) is 52.2 Å². The molecule has 0 saturated heterocycles. The number of hydrogen-bond donors (Lipinski definition) is 1. The molecule has 1 N–H and O–H groups in total. The van der Waals surface area contributed by atoms with Crippen molar-refractivity contribution in [2.24, 2.45) is 0 Å². The van der Waals surface area contributed by atoms with Crippen LogP contribution in [0.5, 0.6) is 0 Å². The predicted octanol–water partition coefficient (Wildman–Crippen LogP) is 2.21. The Morgan fingerprint density at radius 3 is 2.40 bits per heavy atom. The van der Waals surface area contributed by atoms with Crippen molar-refractivity contribution in [3.63, 3.8) is 0 Å². The summed E-state index contributed by atoms with van der Waals surface area (Å²) < 4.78 is 11.1. The van der Waals surface area contributed by atoms with E-state index in [1.54, 1.807) is 7.11 Å². The van der Waals surface area contributed by atoms with E-state index in [0.717, 1.165) is 25.9 Å². The molecule has 0 aliphatic heterocycles. The van der Waals surface area contributed by atoms with Crippen LogP contribution in [0, 0.1) is 0 Å². The molecule has 3 heteroatoms. The SMILES string of the molecule is CCCNCC(COC)OC(C)(C)CC. The van der Waals surface area contributed by atoms with Gasteiger partial charge in [-0.15, -0.1) is 0 Å². The average molecular weight is 217 g/mol. The van der Waals surface area contributed by atoms with Crippen molar-refractivity contribution in [1.82, 2.24) is 5.32 Å². The lowest BCUT2D eigenvalue weighted by Gasteiger charge is -2.30. The highest BCUT2D eigenvalue weighted by Crippen LogP contribution is 2.16. The van der Waals surface area contributed by atoms with E-state index < -0.39 is 0 Å². The molecule has 0 bridgehead atoms. The van der Waals surface area contributed by atoms with Gasteiger partial charge in [0.2, 0.25) is 0 Å². The first kappa shape index (κ1) is 14.9. The summed E-state index contributed by atoms with van der Waals surface area (Å²) in [7, 11) is 1.72. The summed E-state index contributed by atoms with van der Waals surface area (Å²) in [5.74, 6) is 0. The molecule has 0 aromatic carbocycles. The van der Waals surface area contributed by atoms with E-state index in [-0.39, 0.29) is 11.7 Å². The number of hydrogen-bond acceptors (Lipinski definition) is 3. The topological polar surface area (TPSA) is 30.5 Å². The first-order chi connectivity index (χ1) is 7.05. The number of methoxy groups -OCH3 is 1. The molecule has 1 unspecified atom stereocenters. The summed E-state index contributed by atoms with van der Waals surface area (Å²) in [4.78, 5) is 0. The molecule has 0 aromatic rings. The quantitative estimate of drug-likeness (QED) is 0.601. The van der Waals surface area contributed by atoms with Gasteiger partial charge < -0.3 is 14.8 Å². The van der Waals surface area contributed by atoms with Gasteiger partial charge in [0.15, 0.2) is 0 Å². The molecule has 0 radical (unpaired) electrons. The molecule has 0 heterocycles. The lowest BCUT2D eigenvalue weighted by Crippen LogP contribution is -2.39. The van der Waals surface area contributed by atoms with Crippen molar-refractivity contribution < 1.29 is 9.47 Å². The fourth-order valence-corrected chi connectivity index (χ4v) is 1.29.